The molecule has 0 saturated carbocycles. The second kappa shape index (κ2) is 6.51. The van der Waals surface area contributed by atoms with Crippen molar-refractivity contribution in [3.8, 4) is 11.5 Å². The van der Waals surface area contributed by atoms with Crippen molar-refractivity contribution in [3.05, 3.63) is 48.5 Å². The molecule has 0 aliphatic carbocycles. The largest absolute Gasteiger partial charge is 0.481 e. The lowest BCUT2D eigenvalue weighted by Gasteiger charge is -2.15. The van der Waals surface area contributed by atoms with Crippen molar-refractivity contribution >= 4 is 27.9 Å². The fourth-order valence-electron chi connectivity index (χ4n) is 3.33. The van der Waals surface area contributed by atoms with Gasteiger partial charge in [-0.1, -0.05) is 36.8 Å². The highest BCUT2D eigenvalue weighted by molar-refractivity contribution is 5.97. The number of aryl methyl sites for hydroxylation is 1. The molecule has 126 valence electrons. The Balaban J connectivity index is 1.74. The van der Waals surface area contributed by atoms with Crippen LogP contribution in [-0.2, 0) is 11.3 Å². The first-order valence-corrected chi connectivity index (χ1v) is 8.59. The van der Waals surface area contributed by atoms with E-state index in [-0.39, 0.29) is 6.42 Å². The molecule has 25 heavy (non-hydrogen) atoms. The van der Waals surface area contributed by atoms with Crippen LogP contribution in [0.15, 0.2) is 48.5 Å². The Kier molecular flexibility index (Phi) is 4.06. The van der Waals surface area contributed by atoms with Gasteiger partial charge in [-0.15, -0.1) is 0 Å². The summed E-state index contributed by atoms with van der Waals surface area (Å²) >= 11 is 0. The van der Waals surface area contributed by atoms with Crippen LogP contribution in [0.5, 0.6) is 0 Å². The molecule has 0 spiro atoms. The van der Waals surface area contributed by atoms with Crippen molar-refractivity contribution < 1.29 is 9.90 Å². The first kappa shape index (κ1) is 15.6. The van der Waals surface area contributed by atoms with Gasteiger partial charge in [-0.25, -0.2) is 9.97 Å². The summed E-state index contributed by atoms with van der Waals surface area (Å²) in [5.41, 5.74) is 3.91. The minimum atomic E-state index is -0.728. The summed E-state index contributed by atoms with van der Waals surface area (Å²) in [7, 11) is 0. The quantitative estimate of drug-likeness (QED) is 0.533. The van der Waals surface area contributed by atoms with Gasteiger partial charge in [0.25, 0.3) is 0 Å². The zero-order valence-corrected chi connectivity index (χ0v) is 13.9. The first-order valence-electron chi connectivity index (χ1n) is 8.59. The van der Waals surface area contributed by atoms with Gasteiger partial charge in [-0.2, -0.15) is 0 Å². The smallest absolute Gasteiger partial charge is 0.303 e. The van der Waals surface area contributed by atoms with Gasteiger partial charge in [0.1, 0.15) is 5.69 Å². The van der Waals surface area contributed by atoms with E-state index in [1.807, 2.05) is 36.4 Å². The molecule has 0 unspecified atom stereocenters. The molecule has 5 heteroatoms. The number of nitrogens with zero attached hydrogens (tertiary/aromatic N) is 3. The van der Waals surface area contributed by atoms with Gasteiger partial charge in [-0.3, -0.25) is 4.79 Å². The summed E-state index contributed by atoms with van der Waals surface area (Å²) < 4.78 is 2.22. The molecule has 0 radical (unpaired) electrons. The lowest BCUT2D eigenvalue weighted by Crippen LogP contribution is -2.07. The van der Waals surface area contributed by atoms with Crippen molar-refractivity contribution in [1.82, 2.24) is 14.5 Å². The number of hydrogen-bond acceptors (Lipinski definition) is 3. The van der Waals surface area contributed by atoms with Crippen LogP contribution in [0.1, 0.15) is 25.7 Å². The van der Waals surface area contributed by atoms with E-state index in [0.717, 1.165) is 52.8 Å². The number of unbranched alkanes of at least 4 members (excludes halogenated alkanes) is 2. The average Bonchev–Trinajstić information content (AvgIpc) is 2.99. The van der Waals surface area contributed by atoms with Gasteiger partial charge in [0.15, 0.2) is 5.82 Å². The van der Waals surface area contributed by atoms with Crippen LogP contribution in [0.3, 0.4) is 0 Å². The maximum absolute atomic E-state index is 10.7. The van der Waals surface area contributed by atoms with Gasteiger partial charge in [0.05, 0.1) is 16.6 Å². The third-order valence-corrected chi connectivity index (χ3v) is 4.53. The lowest BCUT2D eigenvalue weighted by atomic mass is 10.1. The number of aliphatic carboxylic acids is 1. The van der Waals surface area contributed by atoms with E-state index in [9.17, 15) is 4.79 Å². The Hall–Kier alpha value is -2.95. The van der Waals surface area contributed by atoms with Crippen LogP contribution in [0.2, 0.25) is 0 Å². The summed E-state index contributed by atoms with van der Waals surface area (Å²) in [5.74, 6) is 0.173. The molecule has 2 aliphatic rings. The molecule has 1 N–H and O–H groups in total. The molecule has 4 rings (SSSR count). The number of carboxylic acid groups (broad SMARTS) is 1. The number of carbonyl (C=O) groups is 1. The van der Waals surface area contributed by atoms with E-state index >= 15 is 0 Å². The summed E-state index contributed by atoms with van der Waals surface area (Å²) in [6.07, 6.45) is 2.75. The predicted molar refractivity (Wildman–Crippen MR) is 97.8 cm³/mol. The third kappa shape index (κ3) is 2.93. The van der Waals surface area contributed by atoms with Crippen LogP contribution in [0.25, 0.3) is 33.5 Å². The molecule has 5 nitrogen and oxygen atoms in total. The minimum Gasteiger partial charge on any atom is -0.481 e. The molecule has 2 aromatic rings. The maximum atomic E-state index is 10.7. The number of rotatable bonds is 6. The topological polar surface area (TPSA) is 68.0 Å². The average molecular weight is 333 g/mol. The van der Waals surface area contributed by atoms with Crippen LogP contribution in [0, 0.1) is 0 Å². The fraction of sp³-hybridized carbons (Fsp3) is 0.250. The SMILES string of the molecule is O=C(O)CCCCCn1c2nc3ccccc3c-2nc2ccccc21. The normalized spacial score (nSPS) is 11.5. The van der Waals surface area contributed by atoms with Crippen molar-refractivity contribution in [1.29, 1.82) is 0 Å². The predicted octanol–water partition coefficient (Wildman–Crippen LogP) is 4.33. The van der Waals surface area contributed by atoms with Crippen molar-refractivity contribution in [2.75, 3.05) is 0 Å². The molecule has 0 atom stereocenters. The summed E-state index contributed by atoms with van der Waals surface area (Å²) in [6.45, 7) is 0.808. The summed E-state index contributed by atoms with van der Waals surface area (Å²) in [6, 6.07) is 16.2. The number of fused-ring (bicyclic) bond motifs is 4. The van der Waals surface area contributed by atoms with E-state index in [4.69, 9.17) is 15.1 Å². The van der Waals surface area contributed by atoms with Crippen LogP contribution < -0.4 is 0 Å². The number of benzene rings is 2. The Morgan fingerprint density at radius 1 is 0.920 bits per heavy atom. The van der Waals surface area contributed by atoms with E-state index in [0.29, 0.717) is 6.42 Å². The molecule has 0 bridgehead atoms. The second-order valence-corrected chi connectivity index (χ2v) is 6.26. The Labute approximate surface area is 145 Å². The Morgan fingerprint density at radius 3 is 2.52 bits per heavy atom. The van der Waals surface area contributed by atoms with Crippen molar-refractivity contribution in [2.45, 2.75) is 32.2 Å². The summed E-state index contributed by atoms with van der Waals surface area (Å²) in [4.78, 5) is 20.3. The zero-order chi connectivity index (χ0) is 17.2. The van der Waals surface area contributed by atoms with E-state index in [1.165, 1.54) is 0 Å². The number of para-hydroxylation sites is 3. The molecule has 2 heterocycles. The van der Waals surface area contributed by atoms with E-state index in [2.05, 4.69) is 16.7 Å². The lowest BCUT2D eigenvalue weighted by molar-refractivity contribution is -0.137. The van der Waals surface area contributed by atoms with Gasteiger partial charge < -0.3 is 9.67 Å². The Bertz CT molecular complexity index is 1020. The van der Waals surface area contributed by atoms with Crippen LogP contribution in [-0.4, -0.2) is 25.6 Å². The van der Waals surface area contributed by atoms with E-state index in [1.54, 1.807) is 0 Å². The maximum Gasteiger partial charge on any atom is 0.303 e. The molecule has 0 amide bonds. The molecule has 0 aromatic heterocycles. The first-order chi connectivity index (χ1) is 12.2. The molecule has 2 aliphatic heterocycles. The minimum absolute atomic E-state index is 0.232. The standard InChI is InChI=1S/C20H19N3O2/c24-18(25)12-2-1-7-13-23-17-11-6-5-10-16(17)21-19-14-8-3-4-9-15(14)22-20(19)23/h3-6,8-11H,1-2,7,12-13H2,(H,24,25). The van der Waals surface area contributed by atoms with Crippen molar-refractivity contribution in [3.63, 3.8) is 0 Å². The highest BCUT2D eigenvalue weighted by Gasteiger charge is 2.18. The van der Waals surface area contributed by atoms with Gasteiger partial charge in [0.2, 0.25) is 0 Å². The monoisotopic (exact) mass is 333 g/mol. The molecule has 0 saturated heterocycles. The Morgan fingerprint density at radius 2 is 1.68 bits per heavy atom. The number of carboxylic acids is 1. The van der Waals surface area contributed by atoms with Crippen LogP contribution in [0.4, 0.5) is 0 Å². The number of aromatic nitrogens is 3. The molecule has 2 aromatic carbocycles. The fourth-order valence-corrected chi connectivity index (χ4v) is 3.33. The molecular formula is C20H19N3O2. The third-order valence-electron chi connectivity index (χ3n) is 4.53. The van der Waals surface area contributed by atoms with Crippen LogP contribution >= 0.6 is 0 Å². The van der Waals surface area contributed by atoms with Gasteiger partial charge >= 0.3 is 5.97 Å². The highest BCUT2D eigenvalue weighted by Crippen LogP contribution is 2.32. The summed E-state index contributed by atoms with van der Waals surface area (Å²) in [5, 5.41) is 9.84. The molecular weight excluding hydrogens is 314 g/mol. The van der Waals surface area contributed by atoms with Gasteiger partial charge in [0, 0.05) is 18.4 Å². The highest BCUT2D eigenvalue weighted by atomic mass is 16.4. The number of hydrogen-bond donors (Lipinski definition) is 1. The van der Waals surface area contributed by atoms with Gasteiger partial charge in [-0.05, 0) is 31.0 Å². The second-order valence-electron chi connectivity index (χ2n) is 6.26. The zero-order valence-electron chi connectivity index (χ0n) is 13.9. The molecule has 0 fully saturated rings. The van der Waals surface area contributed by atoms with Crippen molar-refractivity contribution in [2.24, 2.45) is 0 Å². The van der Waals surface area contributed by atoms with E-state index < -0.39 is 5.97 Å².